The average Bonchev–Trinajstić information content (AvgIpc) is 3.31. The predicted molar refractivity (Wildman–Crippen MR) is 119 cm³/mol. The number of hydrogen-bond acceptors (Lipinski definition) is 0. The Kier molecular flexibility index (Phi) is 6.16. The van der Waals surface area contributed by atoms with E-state index in [1.54, 1.807) is 11.1 Å². The molecule has 30 heavy (non-hydrogen) atoms. The van der Waals surface area contributed by atoms with Crippen LogP contribution in [0.1, 0.15) is 36.2 Å². The smallest absolute Gasteiger partial charge is 1.00 e. The van der Waals surface area contributed by atoms with Crippen molar-refractivity contribution in [3.05, 3.63) is 118 Å². The van der Waals surface area contributed by atoms with Gasteiger partial charge in [-0.2, -0.15) is 0 Å². The minimum absolute atomic E-state index is 0. The van der Waals surface area contributed by atoms with Gasteiger partial charge in [-0.3, -0.25) is 0 Å². The van der Waals surface area contributed by atoms with Crippen LogP contribution in [0.15, 0.2) is 84.9 Å². The summed E-state index contributed by atoms with van der Waals surface area (Å²) in [6.07, 6.45) is 4.40. The van der Waals surface area contributed by atoms with E-state index in [-0.39, 0.29) is 40.6 Å². The van der Waals surface area contributed by atoms with Gasteiger partial charge < -0.3 is 2.85 Å². The summed E-state index contributed by atoms with van der Waals surface area (Å²) >= 11 is 0. The molecular weight excluding hydrogens is 350 g/mol. The fourth-order valence-electron chi connectivity index (χ4n) is 5.18. The van der Waals surface area contributed by atoms with E-state index in [4.69, 9.17) is 0 Å². The SMILES string of the molecule is [H-].[H-].[Li+].[Li+].c1ccc2c(c1)Cc1c(CCc3cccc4c3Cc3ccccc3-4)cccc1-2. The van der Waals surface area contributed by atoms with Crippen LogP contribution in [-0.2, 0) is 25.7 Å². The molecule has 0 aliphatic heterocycles. The molecule has 0 N–H and O–H groups in total. The normalized spacial score (nSPS) is 12.1. The number of benzene rings is 4. The summed E-state index contributed by atoms with van der Waals surface area (Å²) in [6.45, 7) is 0. The van der Waals surface area contributed by atoms with Crippen LogP contribution in [0, 0.1) is 0 Å². The van der Waals surface area contributed by atoms with Gasteiger partial charge >= 0.3 is 37.7 Å². The molecule has 0 saturated carbocycles. The molecule has 0 heterocycles. The Hall–Kier alpha value is -1.93. The fraction of sp³-hybridized carbons (Fsp3) is 0.143. The van der Waals surface area contributed by atoms with Crippen molar-refractivity contribution >= 4 is 0 Å². The van der Waals surface area contributed by atoms with E-state index < -0.39 is 0 Å². The molecule has 0 amide bonds. The third kappa shape index (κ3) is 3.44. The maximum Gasteiger partial charge on any atom is 1.00 e. The van der Waals surface area contributed by atoms with Gasteiger partial charge in [-0.25, -0.2) is 0 Å². The van der Waals surface area contributed by atoms with Crippen molar-refractivity contribution in [2.24, 2.45) is 0 Å². The Morgan fingerprint density at radius 3 is 1.33 bits per heavy atom. The quantitative estimate of drug-likeness (QED) is 0.403. The molecule has 0 spiro atoms. The average molecular weight is 374 g/mol. The Labute approximate surface area is 206 Å². The van der Waals surface area contributed by atoms with Crippen molar-refractivity contribution in [2.75, 3.05) is 0 Å². The summed E-state index contributed by atoms with van der Waals surface area (Å²) in [6, 6.07) is 31.5. The summed E-state index contributed by atoms with van der Waals surface area (Å²) in [5.41, 5.74) is 14.8. The van der Waals surface area contributed by atoms with Gasteiger partial charge in [0, 0.05) is 0 Å². The van der Waals surface area contributed by atoms with Crippen molar-refractivity contribution < 1.29 is 40.6 Å². The standard InChI is InChI=1S/C28H22.2Li.2H/c1-3-11-23-21(7-1)17-27-19(9-5-13-25(23)27)15-16-20-10-6-14-26-24-12-4-2-8-22(24)18-28(20)26;;;;/h1-14H,15-18H2;;;;/q;2*+1;2*-1. The van der Waals surface area contributed by atoms with E-state index in [2.05, 4.69) is 84.9 Å². The number of hydrogen-bond donors (Lipinski definition) is 0. The second-order valence-corrected chi connectivity index (χ2v) is 8.05. The van der Waals surface area contributed by atoms with Crippen LogP contribution >= 0.6 is 0 Å². The van der Waals surface area contributed by atoms with Gasteiger partial charge in [0.2, 0.25) is 0 Å². The Morgan fingerprint density at radius 2 is 0.867 bits per heavy atom. The molecule has 2 heteroatoms. The van der Waals surface area contributed by atoms with Crippen molar-refractivity contribution in [1.29, 1.82) is 0 Å². The largest absolute Gasteiger partial charge is 1.00 e. The van der Waals surface area contributed by atoms with Crippen molar-refractivity contribution in [3.63, 3.8) is 0 Å². The second kappa shape index (κ2) is 8.67. The van der Waals surface area contributed by atoms with E-state index in [0.717, 1.165) is 25.7 Å². The van der Waals surface area contributed by atoms with Crippen molar-refractivity contribution in [2.45, 2.75) is 25.7 Å². The topological polar surface area (TPSA) is 0 Å². The third-order valence-corrected chi connectivity index (χ3v) is 6.56. The molecule has 0 fully saturated rings. The van der Waals surface area contributed by atoms with Crippen LogP contribution in [0.2, 0.25) is 0 Å². The molecule has 0 atom stereocenters. The summed E-state index contributed by atoms with van der Waals surface area (Å²) in [7, 11) is 0. The van der Waals surface area contributed by atoms with Gasteiger partial charge in [-0.15, -0.1) is 0 Å². The van der Waals surface area contributed by atoms with E-state index in [1.807, 2.05) is 0 Å². The van der Waals surface area contributed by atoms with Gasteiger partial charge in [0.25, 0.3) is 0 Å². The van der Waals surface area contributed by atoms with E-state index in [0.29, 0.717) is 0 Å². The van der Waals surface area contributed by atoms with Crippen LogP contribution in [0.25, 0.3) is 22.3 Å². The summed E-state index contributed by atoms with van der Waals surface area (Å²) in [5, 5.41) is 0. The van der Waals surface area contributed by atoms with E-state index in [1.165, 1.54) is 44.5 Å². The Bertz CT molecular complexity index is 1140. The van der Waals surface area contributed by atoms with E-state index in [9.17, 15) is 0 Å². The first-order valence-electron chi connectivity index (χ1n) is 10.3. The number of rotatable bonds is 3. The molecule has 138 valence electrons. The molecular formula is C28H24Li2. The molecule has 2 aliphatic rings. The summed E-state index contributed by atoms with van der Waals surface area (Å²) in [4.78, 5) is 0. The maximum atomic E-state index is 2.34. The monoisotopic (exact) mass is 374 g/mol. The zero-order valence-electron chi connectivity index (χ0n) is 19.9. The maximum absolute atomic E-state index is 2.34. The van der Waals surface area contributed by atoms with Crippen LogP contribution in [0.3, 0.4) is 0 Å². The molecule has 0 radical (unpaired) electrons. The van der Waals surface area contributed by atoms with Crippen LogP contribution in [0.5, 0.6) is 0 Å². The second-order valence-electron chi connectivity index (χ2n) is 8.05. The first-order valence-corrected chi connectivity index (χ1v) is 10.3. The van der Waals surface area contributed by atoms with Gasteiger partial charge in [-0.05, 0) is 81.3 Å². The fourth-order valence-corrected chi connectivity index (χ4v) is 5.18. The van der Waals surface area contributed by atoms with Crippen molar-refractivity contribution in [1.82, 2.24) is 0 Å². The Balaban J connectivity index is 0.000000907. The molecule has 0 unspecified atom stereocenters. The van der Waals surface area contributed by atoms with Gasteiger partial charge in [0.05, 0.1) is 0 Å². The minimum atomic E-state index is 0. The van der Waals surface area contributed by atoms with Crippen LogP contribution in [-0.4, -0.2) is 0 Å². The molecule has 0 nitrogen and oxygen atoms in total. The minimum Gasteiger partial charge on any atom is -1.00 e. The molecule has 4 aromatic rings. The molecule has 2 aliphatic carbocycles. The molecule has 0 aromatic heterocycles. The first-order chi connectivity index (χ1) is 13.9. The molecule has 6 rings (SSSR count). The summed E-state index contributed by atoms with van der Waals surface area (Å²) < 4.78 is 0. The third-order valence-electron chi connectivity index (χ3n) is 6.56. The van der Waals surface area contributed by atoms with Gasteiger partial charge in [-0.1, -0.05) is 84.9 Å². The van der Waals surface area contributed by atoms with Gasteiger partial charge in [0.1, 0.15) is 0 Å². The molecule has 4 aromatic carbocycles. The molecule has 0 bridgehead atoms. The number of aryl methyl sites for hydroxylation is 2. The predicted octanol–water partition coefficient (Wildman–Crippen LogP) is 0.847. The number of fused-ring (bicyclic) bond motifs is 6. The van der Waals surface area contributed by atoms with Crippen LogP contribution in [0.4, 0.5) is 0 Å². The first kappa shape index (κ1) is 21.3. The summed E-state index contributed by atoms with van der Waals surface area (Å²) in [5.74, 6) is 0. The zero-order valence-corrected chi connectivity index (χ0v) is 17.9. The molecule has 0 saturated heterocycles. The van der Waals surface area contributed by atoms with Crippen LogP contribution < -0.4 is 37.7 Å². The zero-order chi connectivity index (χ0) is 18.5. The van der Waals surface area contributed by atoms with E-state index >= 15 is 0 Å². The van der Waals surface area contributed by atoms with Gasteiger partial charge in [0.15, 0.2) is 0 Å². The Morgan fingerprint density at radius 1 is 0.467 bits per heavy atom. The van der Waals surface area contributed by atoms with Crippen molar-refractivity contribution in [3.8, 4) is 22.3 Å².